The molecule has 0 aliphatic carbocycles. The summed E-state index contributed by atoms with van der Waals surface area (Å²) in [6.07, 6.45) is 0. The Hall–Kier alpha value is -2.69. The van der Waals surface area contributed by atoms with Gasteiger partial charge in [-0.2, -0.15) is 10.5 Å². The third kappa shape index (κ3) is 4.14. The molecule has 0 aliphatic heterocycles. The van der Waals surface area contributed by atoms with Gasteiger partial charge in [0.1, 0.15) is 5.82 Å². The summed E-state index contributed by atoms with van der Waals surface area (Å²) in [5, 5.41) is 17.7. The second-order valence-corrected chi connectivity index (χ2v) is 4.94. The number of nitrogens with zero attached hydrogens (tertiary/aromatic N) is 3. The van der Waals surface area contributed by atoms with Crippen LogP contribution in [0.5, 0.6) is 0 Å². The van der Waals surface area contributed by atoms with Gasteiger partial charge in [-0.1, -0.05) is 12.1 Å². The fourth-order valence-electron chi connectivity index (χ4n) is 2.22. The first kappa shape index (κ1) is 14.7. The Kier molecular flexibility index (Phi) is 4.66. The highest BCUT2D eigenvalue weighted by Gasteiger charge is 2.05. The smallest absolute Gasteiger partial charge is 0.124 e. The van der Waals surface area contributed by atoms with Crippen LogP contribution in [0.1, 0.15) is 22.3 Å². The summed E-state index contributed by atoms with van der Waals surface area (Å²) in [4.78, 5) is 2.01. The van der Waals surface area contributed by atoms with E-state index in [2.05, 4.69) is 6.07 Å². The zero-order valence-electron chi connectivity index (χ0n) is 11.7. The van der Waals surface area contributed by atoms with Crippen LogP contribution < -0.4 is 0 Å². The van der Waals surface area contributed by atoms with Gasteiger partial charge in [0.15, 0.2) is 0 Å². The zero-order chi connectivity index (χ0) is 15.2. The van der Waals surface area contributed by atoms with E-state index < -0.39 is 5.82 Å². The maximum Gasteiger partial charge on any atom is 0.124 e. The first-order valence-corrected chi connectivity index (χ1v) is 6.48. The van der Waals surface area contributed by atoms with E-state index in [-0.39, 0.29) is 0 Å². The van der Waals surface area contributed by atoms with Gasteiger partial charge in [-0.05, 0) is 48.5 Å². The number of hydrogen-bond acceptors (Lipinski definition) is 3. The molecule has 3 nitrogen and oxygen atoms in total. The van der Waals surface area contributed by atoms with Crippen LogP contribution >= 0.6 is 0 Å². The van der Waals surface area contributed by atoms with Crippen molar-refractivity contribution in [2.24, 2.45) is 0 Å². The van der Waals surface area contributed by atoms with Gasteiger partial charge in [0.2, 0.25) is 0 Å². The maximum atomic E-state index is 13.4. The van der Waals surface area contributed by atoms with Crippen molar-refractivity contribution in [2.45, 2.75) is 13.1 Å². The van der Waals surface area contributed by atoms with Crippen LogP contribution in [0, 0.1) is 28.5 Å². The van der Waals surface area contributed by atoms with Gasteiger partial charge < -0.3 is 0 Å². The minimum Gasteiger partial charge on any atom is -0.298 e. The van der Waals surface area contributed by atoms with E-state index >= 15 is 0 Å². The summed E-state index contributed by atoms with van der Waals surface area (Å²) in [5.41, 5.74) is 2.72. The summed E-state index contributed by atoms with van der Waals surface area (Å²) >= 11 is 0. The minimum atomic E-state index is -0.399. The highest BCUT2D eigenvalue weighted by Crippen LogP contribution is 2.13. The molecule has 2 aromatic rings. The molecule has 0 unspecified atom stereocenters. The number of benzene rings is 2. The predicted octanol–water partition coefficient (Wildman–Crippen LogP) is 3.20. The van der Waals surface area contributed by atoms with Crippen LogP contribution in [0.4, 0.5) is 4.39 Å². The van der Waals surface area contributed by atoms with Gasteiger partial charge in [-0.15, -0.1) is 0 Å². The summed E-state index contributed by atoms with van der Waals surface area (Å²) < 4.78 is 13.4. The fourth-order valence-corrected chi connectivity index (χ4v) is 2.22. The molecule has 0 atom stereocenters. The molecule has 0 saturated heterocycles. The Bertz CT molecular complexity index is 726. The van der Waals surface area contributed by atoms with Gasteiger partial charge >= 0.3 is 0 Å². The third-order valence-corrected chi connectivity index (χ3v) is 3.05. The van der Waals surface area contributed by atoms with Gasteiger partial charge in [-0.3, -0.25) is 4.90 Å². The van der Waals surface area contributed by atoms with Crippen molar-refractivity contribution in [2.75, 3.05) is 7.05 Å². The molecule has 21 heavy (non-hydrogen) atoms. The minimum absolute atomic E-state index is 0.324. The van der Waals surface area contributed by atoms with E-state index in [0.717, 1.165) is 11.1 Å². The van der Waals surface area contributed by atoms with Crippen LogP contribution in [0.3, 0.4) is 0 Å². The van der Waals surface area contributed by atoms with Crippen molar-refractivity contribution in [1.29, 1.82) is 10.5 Å². The molecule has 0 N–H and O–H groups in total. The number of halogens is 1. The molecule has 0 radical (unpaired) electrons. The zero-order valence-corrected chi connectivity index (χ0v) is 11.7. The molecular weight excluding hydrogens is 265 g/mol. The van der Waals surface area contributed by atoms with Gasteiger partial charge in [0.25, 0.3) is 0 Å². The average molecular weight is 279 g/mol. The van der Waals surface area contributed by atoms with Crippen molar-refractivity contribution in [3.63, 3.8) is 0 Å². The van der Waals surface area contributed by atoms with Gasteiger partial charge in [0.05, 0.1) is 23.3 Å². The lowest BCUT2D eigenvalue weighted by molar-refractivity contribution is 0.318. The van der Waals surface area contributed by atoms with E-state index in [1.54, 1.807) is 12.1 Å². The van der Waals surface area contributed by atoms with Crippen LogP contribution in [0.2, 0.25) is 0 Å². The summed E-state index contributed by atoms with van der Waals surface area (Å²) in [5.74, 6) is -0.399. The molecule has 0 heterocycles. The summed E-state index contributed by atoms with van der Waals surface area (Å²) in [7, 11) is 1.91. The van der Waals surface area contributed by atoms with Crippen molar-refractivity contribution in [1.82, 2.24) is 4.90 Å². The Balaban J connectivity index is 2.08. The van der Waals surface area contributed by atoms with E-state index in [1.165, 1.54) is 12.1 Å². The number of rotatable bonds is 4. The van der Waals surface area contributed by atoms with Crippen molar-refractivity contribution < 1.29 is 4.39 Å². The molecule has 0 saturated carbocycles. The van der Waals surface area contributed by atoms with E-state index in [1.807, 2.05) is 36.2 Å². The highest BCUT2D eigenvalue weighted by molar-refractivity contribution is 5.34. The average Bonchev–Trinajstić information content (AvgIpc) is 2.46. The third-order valence-electron chi connectivity index (χ3n) is 3.05. The summed E-state index contributed by atoms with van der Waals surface area (Å²) in [6.45, 7) is 1.18. The quantitative estimate of drug-likeness (QED) is 0.863. The van der Waals surface area contributed by atoms with Crippen molar-refractivity contribution in [3.05, 3.63) is 70.5 Å². The topological polar surface area (TPSA) is 50.8 Å². The molecule has 2 rings (SSSR count). The molecule has 4 heteroatoms. The molecule has 104 valence electrons. The predicted molar refractivity (Wildman–Crippen MR) is 77.4 cm³/mol. The van der Waals surface area contributed by atoms with Crippen LogP contribution in [0.15, 0.2) is 42.5 Å². The van der Waals surface area contributed by atoms with E-state index in [9.17, 15) is 4.39 Å². The molecule has 2 aromatic carbocycles. The standard InChI is InChI=1S/C17H14FN3/c1-21(11-14-4-2-3-13(5-14)9-19)12-16-6-15(10-20)7-17(18)8-16/h2-8H,11-12H2,1H3. The highest BCUT2D eigenvalue weighted by atomic mass is 19.1. The van der Waals surface area contributed by atoms with Gasteiger partial charge in [-0.25, -0.2) is 4.39 Å². The lowest BCUT2D eigenvalue weighted by Gasteiger charge is -2.17. The molecule has 0 fully saturated rings. The Labute approximate surface area is 123 Å². The van der Waals surface area contributed by atoms with Gasteiger partial charge in [0, 0.05) is 13.1 Å². The molecule has 0 bridgehead atoms. The molecule has 0 aliphatic rings. The second-order valence-electron chi connectivity index (χ2n) is 4.94. The van der Waals surface area contributed by atoms with Crippen LogP contribution in [0.25, 0.3) is 0 Å². The largest absolute Gasteiger partial charge is 0.298 e. The summed E-state index contributed by atoms with van der Waals surface area (Å²) in [6, 6.07) is 15.8. The van der Waals surface area contributed by atoms with Crippen molar-refractivity contribution in [3.8, 4) is 12.1 Å². The lowest BCUT2D eigenvalue weighted by Crippen LogP contribution is -2.17. The normalized spacial score (nSPS) is 10.1. The molecule has 0 aromatic heterocycles. The lowest BCUT2D eigenvalue weighted by atomic mass is 10.1. The molecule has 0 spiro atoms. The van der Waals surface area contributed by atoms with E-state index in [4.69, 9.17) is 10.5 Å². The SMILES string of the molecule is CN(Cc1cccc(C#N)c1)Cc1cc(F)cc(C#N)c1. The number of nitriles is 2. The Morgan fingerprint density at radius 2 is 1.62 bits per heavy atom. The van der Waals surface area contributed by atoms with Crippen LogP contribution in [-0.2, 0) is 13.1 Å². The maximum absolute atomic E-state index is 13.4. The first-order valence-electron chi connectivity index (χ1n) is 6.48. The molecular formula is C17H14FN3. The number of hydrogen-bond donors (Lipinski definition) is 0. The van der Waals surface area contributed by atoms with Crippen molar-refractivity contribution >= 4 is 0 Å². The Morgan fingerprint density at radius 1 is 0.952 bits per heavy atom. The first-order chi connectivity index (χ1) is 10.1. The van der Waals surface area contributed by atoms with E-state index in [0.29, 0.717) is 24.2 Å². The fraction of sp³-hybridized carbons (Fsp3) is 0.176. The second kappa shape index (κ2) is 6.65. The Morgan fingerprint density at radius 3 is 2.33 bits per heavy atom. The monoisotopic (exact) mass is 279 g/mol. The van der Waals surface area contributed by atoms with Crippen LogP contribution in [-0.4, -0.2) is 11.9 Å². The molecule has 0 amide bonds.